The number of carbonyl (C=O) groups is 1. The van der Waals surface area contributed by atoms with Crippen LogP contribution in [0.3, 0.4) is 0 Å². The molecular formula is C16H23NO2S. The lowest BCUT2D eigenvalue weighted by atomic mass is 9.98. The van der Waals surface area contributed by atoms with Gasteiger partial charge in [0.05, 0.1) is 10.9 Å². The standard InChI is InChI=1S/C16H23NO2S/c1-16(19)8-5-10-17(11-9-16)15(18)14(20)12-13-6-3-2-4-7-13/h2-4,6-7,14,19-20H,5,8-12H2,1H3. The van der Waals surface area contributed by atoms with Gasteiger partial charge >= 0.3 is 0 Å². The summed E-state index contributed by atoms with van der Waals surface area (Å²) in [5.74, 6) is 0.0786. The normalized spacial score (nSPS) is 25.1. The molecule has 0 aromatic heterocycles. The number of hydrogen-bond acceptors (Lipinski definition) is 3. The van der Waals surface area contributed by atoms with Gasteiger partial charge in [0, 0.05) is 13.1 Å². The van der Waals surface area contributed by atoms with Crippen molar-refractivity contribution >= 4 is 18.5 Å². The fraction of sp³-hybridized carbons (Fsp3) is 0.562. The van der Waals surface area contributed by atoms with Gasteiger partial charge in [-0.1, -0.05) is 30.3 Å². The van der Waals surface area contributed by atoms with Crippen molar-refractivity contribution < 1.29 is 9.90 Å². The molecule has 0 bridgehead atoms. The Balaban J connectivity index is 1.93. The fourth-order valence-electron chi connectivity index (χ4n) is 2.62. The van der Waals surface area contributed by atoms with Crippen molar-refractivity contribution in [1.82, 2.24) is 4.90 Å². The molecule has 1 fully saturated rings. The van der Waals surface area contributed by atoms with Crippen molar-refractivity contribution in [2.45, 2.75) is 43.5 Å². The highest BCUT2D eigenvalue weighted by molar-refractivity contribution is 7.81. The molecule has 1 saturated heterocycles. The van der Waals surface area contributed by atoms with Gasteiger partial charge in [0.15, 0.2) is 0 Å². The number of carbonyl (C=O) groups excluding carboxylic acids is 1. The molecule has 2 unspecified atom stereocenters. The maximum atomic E-state index is 12.4. The summed E-state index contributed by atoms with van der Waals surface area (Å²) in [6, 6.07) is 9.95. The van der Waals surface area contributed by atoms with E-state index in [1.54, 1.807) is 0 Å². The van der Waals surface area contributed by atoms with Gasteiger partial charge in [-0.3, -0.25) is 4.79 Å². The SMILES string of the molecule is CC1(O)CCCN(C(=O)C(S)Cc2ccccc2)CC1. The van der Waals surface area contributed by atoms with E-state index in [9.17, 15) is 9.90 Å². The predicted molar refractivity (Wildman–Crippen MR) is 84.0 cm³/mol. The number of likely N-dealkylation sites (tertiary alicyclic amines) is 1. The second-order valence-electron chi connectivity index (χ2n) is 5.88. The third-order valence-corrected chi connectivity index (χ3v) is 4.34. The van der Waals surface area contributed by atoms with E-state index in [-0.39, 0.29) is 11.2 Å². The fourth-order valence-corrected chi connectivity index (χ4v) is 2.99. The van der Waals surface area contributed by atoms with E-state index in [1.165, 1.54) is 0 Å². The van der Waals surface area contributed by atoms with Gasteiger partial charge in [-0.15, -0.1) is 0 Å². The van der Waals surface area contributed by atoms with Crippen molar-refractivity contribution in [3.8, 4) is 0 Å². The first-order chi connectivity index (χ1) is 9.48. The molecule has 0 saturated carbocycles. The summed E-state index contributed by atoms with van der Waals surface area (Å²) in [6.45, 7) is 3.20. The molecule has 1 heterocycles. The van der Waals surface area contributed by atoms with Gasteiger partial charge in [-0.2, -0.15) is 12.6 Å². The van der Waals surface area contributed by atoms with Crippen LogP contribution in [0.15, 0.2) is 30.3 Å². The molecule has 4 heteroatoms. The molecule has 1 aliphatic heterocycles. The zero-order valence-corrected chi connectivity index (χ0v) is 12.9. The Morgan fingerprint density at radius 1 is 1.35 bits per heavy atom. The number of amides is 1. The Bertz CT molecular complexity index is 447. The van der Waals surface area contributed by atoms with E-state index < -0.39 is 5.60 Å². The van der Waals surface area contributed by atoms with Crippen LogP contribution < -0.4 is 0 Å². The Morgan fingerprint density at radius 3 is 2.75 bits per heavy atom. The first kappa shape index (κ1) is 15.4. The van der Waals surface area contributed by atoms with Gasteiger partial charge in [0.1, 0.15) is 0 Å². The molecule has 20 heavy (non-hydrogen) atoms. The summed E-state index contributed by atoms with van der Waals surface area (Å²) in [4.78, 5) is 14.3. The van der Waals surface area contributed by atoms with Crippen molar-refractivity contribution in [3.63, 3.8) is 0 Å². The molecule has 1 aromatic carbocycles. The van der Waals surface area contributed by atoms with Crippen molar-refractivity contribution in [2.75, 3.05) is 13.1 Å². The molecule has 1 amide bonds. The maximum Gasteiger partial charge on any atom is 0.235 e. The highest BCUT2D eigenvalue weighted by atomic mass is 32.1. The van der Waals surface area contributed by atoms with E-state index in [0.717, 1.165) is 24.9 Å². The molecule has 2 atom stereocenters. The predicted octanol–water partition coefficient (Wildman–Crippen LogP) is 2.29. The van der Waals surface area contributed by atoms with Crippen LogP contribution in [-0.2, 0) is 11.2 Å². The van der Waals surface area contributed by atoms with Gasteiger partial charge < -0.3 is 10.0 Å². The second-order valence-corrected chi connectivity index (χ2v) is 6.50. The number of benzene rings is 1. The molecule has 2 rings (SSSR count). The second kappa shape index (κ2) is 6.64. The molecule has 1 N–H and O–H groups in total. The minimum atomic E-state index is -0.638. The molecule has 110 valence electrons. The topological polar surface area (TPSA) is 40.5 Å². The summed E-state index contributed by atoms with van der Waals surface area (Å²) in [7, 11) is 0. The average Bonchev–Trinajstić information content (AvgIpc) is 2.60. The molecule has 3 nitrogen and oxygen atoms in total. The first-order valence-corrected chi connectivity index (χ1v) is 7.73. The Hall–Kier alpha value is -1.00. The summed E-state index contributed by atoms with van der Waals surface area (Å²) >= 11 is 4.47. The van der Waals surface area contributed by atoms with Gasteiger partial charge in [-0.05, 0) is 38.2 Å². The quantitative estimate of drug-likeness (QED) is 0.840. The average molecular weight is 293 g/mol. The molecule has 1 aliphatic rings. The molecule has 0 spiro atoms. The zero-order valence-electron chi connectivity index (χ0n) is 12.0. The molecular weight excluding hydrogens is 270 g/mol. The highest BCUT2D eigenvalue weighted by Crippen LogP contribution is 2.22. The van der Waals surface area contributed by atoms with Crippen LogP contribution in [0.25, 0.3) is 0 Å². The van der Waals surface area contributed by atoms with E-state index in [2.05, 4.69) is 12.6 Å². The lowest BCUT2D eigenvalue weighted by Crippen LogP contribution is -2.39. The van der Waals surface area contributed by atoms with E-state index in [1.807, 2.05) is 42.2 Å². The smallest absolute Gasteiger partial charge is 0.235 e. The van der Waals surface area contributed by atoms with Crippen LogP contribution in [0, 0.1) is 0 Å². The summed E-state index contributed by atoms with van der Waals surface area (Å²) in [6.07, 6.45) is 2.90. The van der Waals surface area contributed by atoms with Crippen LogP contribution in [0.1, 0.15) is 31.7 Å². The number of thiol groups is 1. The molecule has 0 aliphatic carbocycles. The van der Waals surface area contributed by atoms with Crippen LogP contribution >= 0.6 is 12.6 Å². The lowest BCUT2D eigenvalue weighted by molar-refractivity contribution is -0.130. The number of hydrogen-bond donors (Lipinski definition) is 2. The highest BCUT2D eigenvalue weighted by Gasteiger charge is 2.29. The van der Waals surface area contributed by atoms with Gasteiger partial charge in [-0.25, -0.2) is 0 Å². The first-order valence-electron chi connectivity index (χ1n) is 7.21. The third kappa shape index (κ3) is 4.25. The summed E-state index contributed by atoms with van der Waals surface area (Å²) < 4.78 is 0. The van der Waals surface area contributed by atoms with Crippen LogP contribution in [-0.4, -0.2) is 39.9 Å². The minimum absolute atomic E-state index is 0.0786. The summed E-state index contributed by atoms with van der Waals surface area (Å²) in [5, 5.41) is 9.77. The van der Waals surface area contributed by atoms with E-state index in [4.69, 9.17) is 0 Å². The number of rotatable bonds is 3. The van der Waals surface area contributed by atoms with Crippen LogP contribution in [0.2, 0.25) is 0 Å². The van der Waals surface area contributed by atoms with Crippen molar-refractivity contribution in [2.24, 2.45) is 0 Å². The number of aliphatic hydroxyl groups is 1. The zero-order chi connectivity index (χ0) is 14.6. The Kier molecular flexibility index (Phi) is 5.11. The van der Waals surface area contributed by atoms with Crippen molar-refractivity contribution in [3.05, 3.63) is 35.9 Å². The Morgan fingerprint density at radius 2 is 2.05 bits per heavy atom. The monoisotopic (exact) mass is 293 g/mol. The Labute approximate surface area is 126 Å². The number of nitrogens with zero attached hydrogens (tertiary/aromatic N) is 1. The molecule has 1 aromatic rings. The van der Waals surface area contributed by atoms with E-state index >= 15 is 0 Å². The summed E-state index contributed by atoms with van der Waals surface area (Å²) in [5.41, 5.74) is 0.489. The van der Waals surface area contributed by atoms with Crippen molar-refractivity contribution in [1.29, 1.82) is 0 Å². The maximum absolute atomic E-state index is 12.4. The third-order valence-electron chi connectivity index (χ3n) is 3.93. The molecule has 0 radical (unpaired) electrons. The van der Waals surface area contributed by atoms with Gasteiger partial charge in [0.2, 0.25) is 5.91 Å². The van der Waals surface area contributed by atoms with Gasteiger partial charge in [0.25, 0.3) is 0 Å². The van der Waals surface area contributed by atoms with E-state index in [0.29, 0.717) is 19.4 Å². The minimum Gasteiger partial charge on any atom is -0.390 e. The largest absolute Gasteiger partial charge is 0.390 e. The van der Waals surface area contributed by atoms with Crippen LogP contribution in [0.5, 0.6) is 0 Å². The van der Waals surface area contributed by atoms with Crippen LogP contribution in [0.4, 0.5) is 0 Å². The lowest BCUT2D eigenvalue weighted by Gasteiger charge is -2.25.